The first kappa shape index (κ1) is 29.5. The van der Waals surface area contributed by atoms with Gasteiger partial charge in [-0.3, -0.25) is 0 Å². The monoisotopic (exact) mass is 663 g/mol. The Morgan fingerprint density at radius 3 is 1.96 bits per heavy atom. The highest BCUT2D eigenvalue weighted by molar-refractivity contribution is 7.15. The first-order chi connectivity index (χ1) is 24.5. The van der Waals surface area contributed by atoms with Crippen LogP contribution >= 0.6 is 11.3 Å². The van der Waals surface area contributed by atoms with Gasteiger partial charge in [0.15, 0.2) is 5.76 Å². The Balaban J connectivity index is 1.02. The molecule has 1 aliphatic heterocycles. The van der Waals surface area contributed by atoms with Crippen LogP contribution in [-0.4, -0.2) is 0 Å². The maximum Gasteiger partial charge on any atom is 0.152 e. The van der Waals surface area contributed by atoms with Crippen LogP contribution in [0.3, 0.4) is 0 Å². The van der Waals surface area contributed by atoms with E-state index in [1.54, 1.807) is 0 Å². The minimum atomic E-state index is -0.0626. The Hall–Kier alpha value is -5.38. The summed E-state index contributed by atoms with van der Waals surface area (Å²) in [5, 5.41) is 4.87. The van der Waals surface area contributed by atoms with E-state index in [2.05, 4.69) is 159 Å². The van der Waals surface area contributed by atoms with Gasteiger partial charge in [-0.15, -0.1) is 11.3 Å². The van der Waals surface area contributed by atoms with Gasteiger partial charge in [-0.1, -0.05) is 112 Å². The Morgan fingerprint density at radius 2 is 1.24 bits per heavy atom. The zero-order chi connectivity index (χ0) is 33.6. The molecule has 10 rings (SSSR count). The second-order valence-electron chi connectivity index (χ2n) is 14.4. The van der Waals surface area contributed by atoms with E-state index in [-0.39, 0.29) is 5.41 Å². The van der Waals surface area contributed by atoms with Crippen molar-refractivity contribution in [3.8, 4) is 22.0 Å². The van der Waals surface area contributed by atoms with E-state index < -0.39 is 0 Å². The smallest absolute Gasteiger partial charge is 0.152 e. The molecule has 50 heavy (non-hydrogen) atoms. The predicted octanol–water partition coefficient (Wildman–Crippen LogP) is 13.1. The van der Waals surface area contributed by atoms with Crippen LogP contribution in [0.25, 0.3) is 43.5 Å². The SMILES string of the molecule is CCc1ccc(-c2oc(-c3ccc4cc5c(cc4c3)Cc3ccc(N4c6ccccc6C(C)(C)c6ccccc64)cc3C5)c3ccccc23)s1. The fourth-order valence-electron chi connectivity index (χ4n) is 8.49. The summed E-state index contributed by atoms with van der Waals surface area (Å²) in [5.41, 5.74) is 13.2. The van der Waals surface area contributed by atoms with Crippen molar-refractivity contribution >= 4 is 49.9 Å². The van der Waals surface area contributed by atoms with E-state index in [0.717, 1.165) is 36.3 Å². The maximum absolute atomic E-state index is 6.73. The second-order valence-corrected chi connectivity index (χ2v) is 15.6. The molecule has 0 spiro atoms. The number of rotatable bonds is 4. The van der Waals surface area contributed by atoms with Gasteiger partial charge in [-0.25, -0.2) is 0 Å². The maximum atomic E-state index is 6.73. The van der Waals surface area contributed by atoms with Gasteiger partial charge in [-0.2, -0.15) is 0 Å². The van der Waals surface area contributed by atoms with E-state index in [1.165, 1.54) is 81.7 Å². The molecule has 3 heteroatoms. The van der Waals surface area contributed by atoms with Crippen molar-refractivity contribution in [2.45, 2.75) is 45.4 Å². The van der Waals surface area contributed by atoms with Crippen molar-refractivity contribution in [2.75, 3.05) is 4.90 Å². The molecular weight excluding hydrogens is 627 g/mol. The van der Waals surface area contributed by atoms with E-state index in [1.807, 2.05) is 11.3 Å². The molecule has 0 atom stereocenters. The van der Waals surface area contributed by atoms with Gasteiger partial charge in [-0.05, 0) is 106 Å². The van der Waals surface area contributed by atoms with Crippen molar-refractivity contribution in [3.63, 3.8) is 0 Å². The number of aryl methyl sites for hydroxylation is 1. The first-order valence-electron chi connectivity index (χ1n) is 17.7. The number of benzene rings is 6. The Kier molecular flexibility index (Phi) is 6.53. The van der Waals surface area contributed by atoms with E-state index in [9.17, 15) is 0 Å². The lowest BCUT2D eigenvalue weighted by Crippen LogP contribution is -2.30. The van der Waals surface area contributed by atoms with Crippen molar-refractivity contribution in [1.29, 1.82) is 0 Å². The highest BCUT2D eigenvalue weighted by Crippen LogP contribution is 2.52. The Morgan fingerprint density at radius 1 is 0.600 bits per heavy atom. The number of fused-ring (bicyclic) bond motifs is 6. The van der Waals surface area contributed by atoms with Gasteiger partial charge in [0.2, 0.25) is 0 Å². The molecule has 0 saturated heterocycles. The largest absolute Gasteiger partial charge is 0.454 e. The summed E-state index contributed by atoms with van der Waals surface area (Å²) in [6, 6.07) is 49.6. The standard InChI is InChI=1S/C47H37NOS/c1-4-37-21-22-44(50-37)46-39-12-6-5-11-38(39)45(49-46)31-18-17-29-23-34-27-35-28-36(20-19-30(35)24-33(34)26-32(29)25-31)48-42-15-9-7-13-40(42)47(2,3)41-14-8-10-16-43(41)48/h5-23,25-26,28H,4,24,27H2,1-3H3. The summed E-state index contributed by atoms with van der Waals surface area (Å²) in [6.45, 7) is 6.90. The molecule has 0 unspecified atom stereocenters. The van der Waals surface area contributed by atoms with Crippen LogP contribution < -0.4 is 4.90 Å². The fourth-order valence-corrected chi connectivity index (χ4v) is 9.43. The third-order valence-electron chi connectivity index (χ3n) is 11.1. The van der Waals surface area contributed by atoms with Gasteiger partial charge in [0, 0.05) is 32.3 Å². The van der Waals surface area contributed by atoms with Crippen LogP contribution in [0.15, 0.2) is 138 Å². The molecule has 6 aromatic carbocycles. The molecule has 0 amide bonds. The lowest BCUT2D eigenvalue weighted by Gasteiger charge is -2.42. The molecule has 0 bridgehead atoms. The van der Waals surface area contributed by atoms with Crippen molar-refractivity contribution in [3.05, 3.63) is 172 Å². The third kappa shape index (κ3) is 4.46. The van der Waals surface area contributed by atoms with Crippen LogP contribution in [0.2, 0.25) is 0 Å². The van der Waals surface area contributed by atoms with Crippen LogP contribution in [0.4, 0.5) is 17.1 Å². The van der Waals surface area contributed by atoms with E-state index in [4.69, 9.17) is 4.42 Å². The number of hydrogen-bond donors (Lipinski definition) is 0. The summed E-state index contributed by atoms with van der Waals surface area (Å²) >= 11 is 1.83. The summed E-state index contributed by atoms with van der Waals surface area (Å²) in [6.07, 6.45) is 2.92. The van der Waals surface area contributed by atoms with Gasteiger partial charge < -0.3 is 9.32 Å². The molecule has 2 nitrogen and oxygen atoms in total. The molecule has 0 radical (unpaired) electrons. The molecular formula is C47H37NOS. The first-order valence-corrected chi connectivity index (χ1v) is 18.6. The summed E-state index contributed by atoms with van der Waals surface area (Å²) in [4.78, 5) is 5.04. The van der Waals surface area contributed by atoms with Gasteiger partial charge in [0.25, 0.3) is 0 Å². The highest BCUT2D eigenvalue weighted by atomic mass is 32.1. The molecule has 8 aromatic rings. The van der Waals surface area contributed by atoms with E-state index in [0.29, 0.717) is 0 Å². The predicted molar refractivity (Wildman–Crippen MR) is 211 cm³/mol. The average Bonchev–Trinajstić information content (AvgIpc) is 3.78. The van der Waals surface area contributed by atoms with Crippen LogP contribution in [0, 0.1) is 0 Å². The second kappa shape index (κ2) is 11.1. The number of anilines is 3. The lowest BCUT2D eigenvalue weighted by atomic mass is 9.73. The molecule has 0 saturated carbocycles. The van der Waals surface area contributed by atoms with Crippen LogP contribution in [0.1, 0.15) is 59.0 Å². The summed E-state index contributed by atoms with van der Waals surface area (Å²) in [5.74, 6) is 1.92. The van der Waals surface area contributed by atoms with Gasteiger partial charge in [0.05, 0.1) is 16.3 Å². The van der Waals surface area contributed by atoms with Crippen molar-refractivity contribution < 1.29 is 4.42 Å². The lowest BCUT2D eigenvalue weighted by molar-refractivity contribution is 0.603. The molecule has 2 aromatic heterocycles. The average molecular weight is 664 g/mol. The normalized spacial score (nSPS) is 14.3. The van der Waals surface area contributed by atoms with E-state index >= 15 is 0 Å². The number of nitrogens with zero attached hydrogens (tertiary/aromatic N) is 1. The van der Waals surface area contributed by atoms with Crippen molar-refractivity contribution in [2.24, 2.45) is 0 Å². The number of furan rings is 1. The molecule has 1 aliphatic carbocycles. The van der Waals surface area contributed by atoms with Crippen LogP contribution in [0.5, 0.6) is 0 Å². The molecule has 2 aliphatic rings. The zero-order valence-corrected chi connectivity index (χ0v) is 29.4. The Bertz CT molecular complexity index is 2590. The highest BCUT2D eigenvalue weighted by Gasteiger charge is 2.36. The Labute approximate surface area is 297 Å². The fraction of sp³-hybridized carbons (Fsp3) is 0.149. The van der Waals surface area contributed by atoms with Gasteiger partial charge >= 0.3 is 0 Å². The van der Waals surface area contributed by atoms with Crippen LogP contribution in [-0.2, 0) is 24.7 Å². The van der Waals surface area contributed by atoms with Gasteiger partial charge in [0.1, 0.15) is 5.76 Å². The minimum absolute atomic E-state index is 0.0626. The molecule has 3 heterocycles. The summed E-state index contributed by atoms with van der Waals surface area (Å²) < 4.78 is 6.73. The zero-order valence-electron chi connectivity index (χ0n) is 28.6. The molecule has 0 fully saturated rings. The summed E-state index contributed by atoms with van der Waals surface area (Å²) in [7, 11) is 0. The molecule has 242 valence electrons. The number of para-hydroxylation sites is 2. The number of hydrogen-bond acceptors (Lipinski definition) is 3. The van der Waals surface area contributed by atoms with Crippen molar-refractivity contribution in [1.82, 2.24) is 0 Å². The number of thiophene rings is 1. The quantitative estimate of drug-likeness (QED) is 0.186. The third-order valence-corrected chi connectivity index (χ3v) is 12.4. The molecule has 0 N–H and O–H groups in total. The minimum Gasteiger partial charge on any atom is -0.454 e. The topological polar surface area (TPSA) is 16.4 Å².